The lowest BCUT2D eigenvalue weighted by Gasteiger charge is -2.08. The number of aromatic nitrogens is 3. The predicted molar refractivity (Wildman–Crippen MR) is 86.6 cm³/mol. The van der Waals surface area contributed by atoms with Crippen LogP contribution in [0.2, 0.25) is 0 Å². The first-order valence-electron chi connectivity index (χ1n) is 7.26. The van der Waals surface area contributed by atoms with Gasteiger partial charge in [0.25, 0.3) is 5.91 Å². The number of carbonyl (C=O) groups is 1. The van der Waals surface area contributed by atoms with E-state index < -0.39 is 0 Å². The van der Waals surface area contributed by atoms with Crippen molar-refractivity contribution in [1.82, 2.24) is 14.5 Å². The maximum Gasteiger partial charge on any atom is 0.262 e. The fourth-order valence-electron chi connectivity index (χ4n) is 2.10. The molecule has 6 nitrogen and oxygen atoms in total. The van der Waals surface area contributed by atoms with Gasteiger partial charge >= 0.3 is 0 Å². The summed E-state index contributed by atoms with van der Waals surface area (Å²) in [4.78, 5) is 20.3. The zero-order chi connectivity index (χ0) is 16.9. The van der Waals surface area contributed by atoms with Crippen LogP contribution in [0.25, 0.3) is 5.82 Å². The van der Waals surface area contributed by atoms with E-state index in [4.69, 9.17) is 4.74 Å². The molecule has 0 atom stereocenters. The van der Waals surface area contributed by atoms with Crippen molar-refractivity contribution in [2.45, 2.75) is 6.92 Å². The Morgan fingerprint density at radius 3 is 2.62 bits per heavy atom. The van der Waals surface area contributed by atoms with E-state index in [9.17, 15) is 9.18 Å². The highest BCUT2D eigenvalue weighted by Crippen LogP contribution is 2.13. The third-order valence-corrected chi connectivity index (χ3v) is 3.29. The van der Waals surface area contributed by atoms with Gasteiger partial charge in [-0.25, -0.2) is 14.4 Å². The Hall–Kier alpha value is -3.22. The largest absolute Gasteiger partial charge is 0.484 e. The van der Waals surface area contributed by atoms with Crippen LogP contribution in [0.3, 0.4) is 0 Å². The van der Waals surface area contributed by atoms with E-state index in [2.05, 4.69) is 15.3 Å². The number of carbonyl (C=O) groups excluding carboxylic acids is 1. The molecule has 0 fully saturated rings. The number of aryl methyl sites for hydroxylation is 1. The van der Waals surface area contributed by atoms with Crippen molar-refractivity contribution in [2.75, 3.05) is 11.9 Å². The van der Waals surface area contributed by atoms with Crippen molar-refractivity contribution in [3.8, 4) is 11.6 Å². The molecule has 2 aromatic heterocycles. The maximum absolute atomic E-state index is 12.8. The zero-order valence-electron chi connectivity index (χ0n) is 12.9. The van der Waals surface area contributed by atoms with E-state index in [-0.39, 0.29) is 18.3 Å². The van der Waals surface area contributed by atoms with Crippen LogP contribution in [0.5, 0.6) is 5.75 Å². The Bertz CT molecular complexity index is 829. The molecule has 3 rings (SSSR count). The highest BCUT2D eigenvalue weighted by atomic mass is 19.1. The summed E-state index contributed by atoms with van der Waals surface area (Å²) in [5.74, 6) is 1.28. The van der Waals surface area contributed by atoms with Crippen LogP contribution < -0.4 is 10.1 Å². The average molecular weight is 326 g/mol. The quantitative estimate of drug-likeness (QED) is 0.783. The molecule has 24 heavy (non-hydrogen) atoms. The third kappa shape index (κ3) is 3.75. The summed E-state index contributed by atoms with van der Waals surface area (Å²) in [5.41, 5.74) is 0.559. The van der Waals surface area contributed by atoms with Crippen LogP contribution in [0.15, 0.2) is 55.0 Å². The molecule has 1 aromatic carbocycles. The Morgan fingerprint density at radius 2 is 2.00 bits per heavy atom. The summed E-state index contributed by atoms with van der Waals surface area (Å²) in [6, 6.07) is 9.00. The first-order valence-corrected chi connectivity index (χ1v) is 7.26. The second-order valence-electron chi connectivity index (χ2n) is 5.04. The molecule has 1 N–H and O–H groups in total. The van der Waals surface area contributed by atoms with Gasteiger partial charge < -0.3 is 10.1 Å². The molecule has 0 saturated heterocycles. The molecule has 0 unspecified atom stereocenters. The first kappa shape index (κ1) is 15.7. The van der Waals surface area contributed by atoms with Crippen LogP contribution in [-0.2, 0) is 4.79 Å². The molecule has 1 amide bonds. The lowest BCUT2D eigenvalue weighted by molar-refractivity contribution is -0.118. The van der Waals surface area contributed by atoms with Crippen LogP contribution in [0.1, 0.15) is 5.82 Å². The van der Waals surface area contributed by atoms with Gasteiger partial charge in [-0.05, 0) is 43.3 Å². The fourth-order valence-corrected chi connectivity index (χ4v) is 2.10. The van der Waals surface area contributed by atoms with Gasteiger partial charge in [0.2, 0.25) is 0 Å². The number of ether oxygens (including phenoxy) is 1. The molecular formula is C17H15FN4O2. The SMILES string of the molecule is Cc1nccn1-c1ccc(NC(=O)COc2ccc(F)cc2)cn1. The number of rotatable bonds is 5. The number of amides is 1. The lowest BCUT2D eigenvalue weighted by atomic mass is 10.3. The molecule has 0 spiro atoms. The standard InChI is InChI=1S/C17H15FN4O2/c1-12-19-8-9-22(12)16-7-4-14(10-20-16)21-17(23)11-24-15-5-2-13(18)3-6-15/h2-10H,11H2,1H3,(H,21,23). The minimum Gasteiger partial charge on any atom is -0.484 e. The van der Waals surface area contributed by atoms with Gasteiger partial charge in [-0.2, -0.15) is 0 Å². The summed E-state index contributed by atoms with van der Waals surface area (Å²) >= 11 is 0. The number of nitrogens with one attached hydrogen (secondary N) is 1. The zero-order valence-corrected chi connectivity index (χ0v) is 12.9. The van der Waals surface area contributed by atoms with Crippen LogP contribution in [-0.4, -0.2) is 27.0 Å². The van der Waals surface area contributed by atoms with Crippen molar-refractivity contribution in [2.24, 2.45) is 0 Å². The second kappa shape index (κ2) is 6.91. The molecule has 122 valence electrons. The lowest BCUT2D eigenvalue weighted by Crippen LogP contribution is -2.20. The normalized spacial score (nSPS) is 10.4. The smallest absolute Gasteiger partial charge is 0.262 e. The maximum atomic E-state index is 12.8. The minimum atomic E-state index is -0.355. The van der Waals surface area contributed by atoms with Crippen molar-refractivity contribution < 1.29 is 13.9 Å². The number of imidazole rings is 1. The molecule has 7 heteroatoms. The van der Waals surface area contributed by atoms with Gasteiger partial charge in [-0.1, -0.05) is 0 Å². The van der Waals surface area contributed by atoms with E-state index in [1.54, 1.807) is 24.5 Å². The van der Waals surface area contributed by atoms with Crippen molar-refractivity contribution in [3.05, 3.63) is 66.6 Å². The summed E-state index contributed by atoms with van der Waals surface area (Å²) < 4.78 is 19.9. The van der Waals surface area contributed by atoms with Gasteiger partial charge in [0, 0.05) is 12.4 Å². The number of hydrogen-bond donors (Lipinski definition) is 1. The fraction of sp³-hybridized carbons (Fsp3) is 0.118. The Balaban J connectivity index is 1.56. The molecule has 0 aliphatic carbocycles. The number of benzene rings is 1. The summed E-state index contributed by atoms with van der Waals surface area (Å²) in [7, 11) is 0. The number of pyridine rings is 1. The molecule has 0 saturated carbocycles. The number of hydrogen-bond acceptors (Lipinski definition) is 4. The summed E-state index contributed by atoms with van der Waals surface area (Å²) in [6.07, 6.45) is 5.07. The Labute approximate surface area is 137 Å². The molecule has 3 aromatic rings. The predicted octanol–water partition coefficient (Wildman–Crippen LogP) is 2.73. The monoisotopic (exact) mass is 326 g/mol. The third-order valence-electron chi connectivity index (χ3n) is 3.29. The molecular weight excluding hydrogens is 311 g/mol. The molecule has 0 radical (unpaired) electrons. The highest BCUT2D eigenvalue weighted by molar-refractivity contribution is 5.91. The van der Waals surface area contributed by atoms with Gasteiger partial charge in [0.1, 0.15) is 23.2 Å². The topological polar surface area (TPSA) is 69.0 Å². The second-order valence-corrected chi connectivity index (χ2v) is 5.04. The van der Waals surface area contributed by atoms with Gasteiger partial charge in [-0.15, -0.1) is 0 Å². The van der Waals surface area contributed by atoms with Crippen LogP contribution in [0.4, 0.5) is 10.1 Å². The average Bonchev–Trinajstić information content (AvgIpc) is 3.01. The Kier molecular flexibility index (Phi) is 4.51. The van der Waals surface area contributed by atoms with E-state index in [0.29, 0.717) is 17.3 Å². The van der Waals surface area contributed by atoms with Crippen LogP contribution in [0, 0.1) is 12.7 Å². The summed E-state index contributed by atoms with van der Waals surface area (Å²) in [6.45, 7) is 1.71. The van der Waals surface area contributed by atoms with Crippen molar-refractivity contribution in [3.63, 3.8) is 0 Å². The van der Waals surface area contributed by atoms with E-state index >= 15 is 0 Å². The van der Waals surface area contributed by atoms with Crippen molar-refractivity contribution >= 4 is 11.6 Å². The van der Waals surface area contributed by atoms with E-state index in [1.165, 1.54) is 24.3 Å². The van der Waals surface area contributed by atoms with Crippen molar-refractivity contribution in [1.29, 1.82) is 0 Å². The molecule has 0 aliphatic rings. The van der Waals surface area contributed by atoms with Crippen LogP contribution >= 0.6 is 0 Å². The summed E-state index contributed by atoms with van der Waals surface area (Å²) in [5, 5.41) is 2.69. The van der Waals surface area contributed by atoms with Gasteiger partial charge in [-0.3, -0.25) is 9.36 Å². The Morgan fingerprint density at radius 1 is 1.21 bits per heavy atom. The number of halogens is 1. The number of nitrogens with zero attached hydrogens (tertiary/aromatic N) is 3. The van der Waals surface area contributed by atoms with Gasteiger partial charge in [0.15, 0.2) is 6.61 Å². The highest BCUT2D eigenvalue weighted by Gasteiger charge is 2.06. The molecule has 0 bridgehead atoms. The van der Waals surface area contributed by atoms with Gasteiger partial charge in [0.05, 0.1) is 11.9 Å². The number of anilines is 1. The first-order chi connectivity index (χ1) is 11.6. The van der Waals surface area contributed by atoms with E-state index in [0.717, 1.165) is 5.82 Å². The molecule has 0 aliphatic heterocycles. The minimum absolute atomic E-state index is 0.173. The molecule has 2 heterocycles. The van der Waals surface area contributed by atoms with E-state index in [1.807, 2.05) is 17.7 Å².